The number of ether oxygens (including phenoxy) is 1. The van der Waals surface area contributed by atoms with Crippen molar-refractivity contribution in [2.45, 2.75) is 13.0 Å². The Morgan fingerprint density at radius 2 is 2.12 bits per heavy atom. The van der Waals surface area contributed by atoms with Gasteiger partial charge >= 0.3 is 0 Å². The molecule has 1 rings (SSSR count). The van der Waals surface area contributed by atoms with E-state index in [9.17, 15) is 0 Å². The third-order valence-electron chi connectivity index (χ3n) is 2.63. The Labute approximate surface area is 98.4 Å². The van der Waals surface area contributed by atoms with Gasteiger partial charge in [-0.2, -0.15) is 0 Å². The van der Waals surface area contributed by atoms with Crippen molar-refractivity contribution in [1.29, 1.82) is 0 Å². The molecule has 0 aliphatic heterocycles. The summed E-state index contributed by atoms with van der Waals surface area (Å²) in [6.07, 6.45) is 0. The van der Waals surface area contributed by atoms with Crippen LogP contribution in [0.15, 0.2) is 24.3 Å². The largest absolute Gasteiger partial charge is 0.380 e. The first-order valence-electron chi connectivity index (χ1n) is 5.71. The highest BCUT2D eigenvalue weighted by atomic mass is 16.5. The van der Waals surface area contributed by atoms with Crippen LogP contribution in [0.2, 0.25) is 0 Å². The zero-order valence-electron chi connectivity index (χ0n) is 10.7. The molecule has 0 spiro atoms. The average Bonchev–Trinajstić information content (AvgIpc) is 2.30. The van der Waals surface area contributed by atoms with E-state index in [1.807, 2.05) is 14.0 Å². The van der Waals surface area contributed by atoms with Crippen LogP contribution < -0.4 is 10.2 Å². The summed E-state index contributed by atoms with van der Waals surface area (Å²) in [5.74, 6) is 0. The smallest absolute Gasteiger partial charge is 0.0661 e. The van der Waals surface area contributed by atoms with Gasteiger partial charge in [-0.1, -0.05) is 12.1 Å². The molecule has 0 saturated carbocycles. The van der Waals surface area contributed by atoms with Gasteiger partial charge in [-0.25, -0.2) is 0 Å². The van der Waals surface area contributed by atoms with E-state index in [1.54, 1.807) is 0 Å². The quantitative estimate of drug-likeness (QED) is 0.797. The molecule has 0 aliphatic rings. The van der Waals surface area contributed by atoms with Crippen LogP contribution in [-0.2, 0) is 4.74 Å². The molecule has 0 radical (unpaired) electrons. The number of nitrogens with zero attached hydrogens (tertiary/aromatic N) is 1. The molecule has 0 amide bonds. The third kappa shape index (κ3) is 3.51. The van der Waals surface area contributed by atoms with Crippen molar-refractivity contribution >= 4 is 5.69 Å². The molecule has 90 valence electrons. The molecule has 16 heavy (non-hydrogen) atoms. The van der Waals surface area contributed by atoms with Crippen molar-refractivity contribution < 1.29 is 4.74 Å². The number of anilines is 1. The zero-order chi connectivity index (χ0) is 12.0. The Bertz CT molecular complexity index is 313. The van der Waals surface area contributed by atoms with Crippen LogP contribution in [0.5, 0.6) is 0 Å². The highest BCUT2D eigenvalue weighted by molar-refractivity contribution is 5.47. The summed E-state index contributed by atoms with van der Waals surface area (Å²) in [4.78, 5) is 2.11. The number of hydrogen-bond donors (Lipinski definition) is 1. The molecule has 3 nitrogen and oxygen atoms in total. The minimum atomic E-state index is 0.264. The molecule has 1 N–H and O–H groups in total. The number of rotatable bonds is 6. The minimum Gasteiger partial charge on any atom is -0.380 e. The molecule has 0 bridgehead atoms. The van der Waals surface area contributed by atoms with Crippen LogP contribution in [0.25, 0.3) is 0 Å². The lowest BCUT2D eigenvalue weighted by Crippen LogP contribution is -2.22. The van der Waals surface area contributed by atoms with E-state index in [0.29, 0.717) is 6.61 Å². The second-order valence-electron chi connectivity index (χ2n) is 3.99. The van der Waals surface area contributed by atoms with Crippen LogP contribution >= 0.6 is 0 Å². The maximum absolute atomic E-state index is 5.47. The molecule has 0 fully saturated rings. The molecule has 1 atom stereocenters. The van der Waals surface area contributed by atoms with Crippen molar-refractivity contribution in [2.24, 2.45) is 0 Å². The molecule has 3 heteroatoms. The van der Waals surface area contributed by atoms with Crippen LogP contribution in [0.1, 0.15) is 18.5 Å². The highest BCUT2D eigenvalue weighted by Gasteiger charge is 2.09. The summed E-state index contributed by atoms with van der Waals surface area (Å²) in [6.45, 7) is 3.48. The van der Waals surface area contributed by atoms with Crippen LogP contribution in [0.3, 0.4) is 0 Å². The Hall–Kier alpha value is -1.06. The molecule has 0 aliphatic carbocycles. The first-order valence-corrected chi connectivity index (χ1v) is 5.71. The predicted molar refractivity (Wildman–Crippen MR) is 69.1 cm³/mol. The van der Waals surface area contributed by atoms with E-state index in [0.717, 1.165) is 6.61 Å². The summed E-state index contributed by atoms with van der Waals surface area (Å²) >= 11 is 0. The lowest BCUT2D eigenvalue weighted by Gasteiger charge is -2.19. The minimum absolute atomic E-state index is 0.264. The molecular weight excluding hydrogens is 200 g/mol. The number of benzene rings is 1. The maximum Gasteiger partial charge on any atom is 0.0661 e. The highest BCUT2D eigenvalue weighted by Crippen LogP contribution is 2.19. The first-order chi connectivity index (χ1) is 7.69. The van der Waals surface area contributed by atoms with Gasteiger partial charge in [0.2, 0.25) is 0 Å². The van der Waals surface area contributed by atoms with Gasteiger partial charge < -0.3 is 15.0 Å². The van der Waals surface area contributed by atoms with Crippen molar-refractivity contribution in [3.8, 4) is 0 Å². The molecule has 0 saturated heterocycles. The average molecular weight is 222 g/mol. The molecule has 1 aromatic rings. The van der Waals surface area contributed by atoms with Crippen molar-refractivity contribution in [3.05, 3.63) is 29.8 Å². The van der Waals surface area contributed by atoms with Crippen molar-refractivity contribution in [1.82, 2.24) is 5.32 Å². The standard InChI is InChI=1S/C13H22N2O/c1-5-16-10-13(14-2)11-7-6-8-12(9-11)15(3)4/h6-9,13-14H,5,10H2,1-4H3. The monoisotopic (exact) mass is 222 g/mol. The van der Waals surface area contributed by atoms with Gasteiger partial charge in [0.05, 0.1) is 12.6 Å². The second-order valence-corrected chi connectivity index (χ2v) is 3.99. The van der Waals surface area contributed by atoms with E-state index < -0.39 is 0 Å². The first kappa shape index (κ1) is 13.0. The Balaban J connectivity index is 2.79. The van der Waals surface area contributed by atoms with Crippen LogP contribution in [0, 0.1) is 0 Å². The molecular formula is C13H22N2O. The lowest BCUT2D eigenvalue weighted by atomic mass is 10.1. The Morgan fingerprint density at radius 3 is 2.69 bits per heavy atom. The lowest BCUT2D eigenvalue weighted by molar-refractivity contribution is 0.125. The van der Waals surface area contributed by atoms with Gasteiger partial charge in [0.15, 0.2) is 0 Å². The van der Waals surface area contributed by atoms with Gasteiger partial charge in [0.25, 0.3) is 0 Å². The number of hydrogen-bond acceptors (Lipinski definition) is 3. The zero-order valence-corrected chi connectivity index (χ0v) is 10.7. The second kappa shape index (κ2) is 6.51. The van der Waals surface area contributed by atoms with E-state index >= 15 is 0 Å². The van der Waals surface area contributed by atoms with Gasteiger partial charge in [0, 0.05) is 26.4 Å². The van der Waals surface area contributed by atoms with Crippen molar-refractivity contribution in [2.75, 3.05) is 39.3 Å². The summed E-state index contributed by atoms with van der Waals surface area (Å²) in [5, 5.41) is 3.28. The Morgan fingerprint density at radius 1 is 1.38 bits per heavy atom. The normalized spacial score (nSPS) is 12.5. The number of nitrogens with one attached hydrogen (secondary N) is 1. The SMILES string of the molecule is CCOCC(NC)c1cccc(N(C)C)c1. The molecule has 1 unspecified atom stereocenters. The van der Waals surface area contributed by atoms with E-state index in [2.05, 4.69) is 48.6 Å². The van der Waals surface area contributed by atoms with Gasteiger partial charge in [-0.15, -0.1) is 0 Å². The van der Waals surface area contributed by atoms with Crippen LogP contribution in [-0.4, -0.2) is 34.4 Å². The topological polar surface area (TPSA) is 24.5 Å². The summed E-state index contributed by atoms with van der Waals surface area (Å²) in [5.41, 5.74) is 2.48. The van der Waals surface area contributed by atoms with E-state index in [4.69, 9.17) is 4.74 Å². The fourth-order valence-corrected chi connectivity index (χ4v) is 1.60. The fourth-order valence-electron chi connectivity index (χ4n) is 1.60. The molecule has 0 aromatic heterocycles. The van der Waals surface area contributed by atoms with Gasteiger partial charge in [0.1, 0.15) is 0 Å². The fraction of sp³-hybridized carbons (Fsp3) is 0.538. The van der Waals surface area contributed by atoms with Crippen molar-refractivity contribution in [3.63, 3.8) is 0 Å². The van der Waals surface area contributed by atoms with Crippen LogP contribution in [0.4, 0.5) is 5.69 Å². The number of likely N-dealkylation sites (N-methyl/N-ethyl adjacent to an activating group) is 1. The summed E-state index contributed by atoms with van der Waals surface area (Å²) in [7, 11) is 6.07. The maximum atomic E-state index is 5.47. The Kier molecular flexibility index (Phi) is 5.29. The molecule has 1 aromatic carbocycles. The van der Waals surface area contributed by atoms with E-state index in [1.165, 1.54) is 11.3 Å². The summed E-state index contributed by atoms with van der Waals surface area (Å²) in [6, 6.07) is 8.78. The van der Waals surface area contributed by atoms with Gasteiger partial charge in [-0.05, 0) is 31.7 Å². The predicted octanol–water partition coefficient (Wildman–Crippen LogP) is 2.05. The van der Waals surface area contributed by atoms with E-state index in [-0.39, 0.29) is 6.04 Å². The van der Waals surface area contributed by atoms with Gasteiger partial charge in [-0.3, -0.25) is 0 Å². The third-order valence-corrected chi connectivity index (χ3v) is 2.63. The molecule has 0 heterocycles. The summed E-state index contributed by atoms with van der Waals surface area (Å²) < 4.78 is 5.47.